The average Bonchev–Trinajstić information content (AvgIpc) is 3.01. The van der Waals surface area contributed by atoms with Crippen molar-refractivity contribution >= 4 is 17.4 Å². The Hall–Kier alpha value is -2.81. The molecule has 1 amide bonds. The van der Waals surface area contributed by atoms with Gasteiger partial charge in [0, 0.05) is 30.4 Å². The highest BCUT2D eigenvalue weighted by Gasteiger charge is 2.61. The van der Waals surface area contributed by atoms with Gasteiger partial charge in [0.1, 0.15) is 12.7 Å². The van der Waals surface area contributed by atoms with Crippen LogP contribution >= 0.6 is 0 Å². The van der Waals surface area contributed by atoms with Gasteiger partial charge in [-0.3, -0.25) is 9.59 Å². The lowest BCUT2D eigenvalue weighted by Crippen LogP contribution is -2.64. The Kier molecular flexibility index (Phi) is 3.99. The van der Waals surface area contributed by atoms with Crippen molar-refractivity contribution in [3.63, 3.8) is 0 Å². The van der Waals surface area contributed by atoms with Crippen LogP contribution in [0.15, 0.2) is 30.6 Å². The number of esters is 1. The standard InChI is InChI=1S/C23H25N3O3/c1-15(27)25-23-9-16-6-17(10-23)8-22(7-16,14-23)21(28)29-13-18-12-26-5-3-2-4-20(26)19(18)11-24/h2-5,12,16-17H,6-10,13-14H2,1H3,(H,25,27). The lowest BCUT2D eigenvalue weighted by molar-refractivity contribution is -0.177. The molecule has 0 saturated heterocycles. The van der Waals surface area contributed by atoms with Crippen molar-refractivity contribution in [3.05, 3.63) is 41.7 Å². The average molecular weight is 391 g/mol. The first kappa shape index (κ1) is 18.2. The highest BCUT2D eigenvalue weighted by Crippen LogP contribution is 2.62. The van der Waals surface area contributed by atoms with Crippen molar-refractivity contribution in [1.82, 2.24) is 9.72 Å². The molecule has 4 aliphatic carbocycles. The second-order valence-electron chi connectivity index (χ2n) is 9.41. The van der Waals surface area contributed by atoms with Crippen LogP contribution in [-0.2, 0) is 20.9 Å². The van der Waals surface area contributed by atoms with Crippen LogP contribution in [-0.4, -0.2) is 21.8 Å². The number of nitrogens with one attached hydrogen (secondary N) is 1. The van der Waals surface area contributed by atoms with Gasteiger partial charge in [-0.2, -0.15) is 5.26 Å². The molecular formula is C23H25N3O3. The van der Waals surface area contributed by atoms with Crippen LogP contribution in [0.25, 0.3) is 5.52 Å². The Morgan fingerprint density at radius 1 is 1.28 bits per heavy atom. The predicted molar refractivity (Wildman–Crippen MR) is 106 cm³/mol. The van der Waals surface area contributed by atoms with E-state index in [1.54, 1.807) is 6.92 Å². The van der Waals surface area contributed by atoms with Crippen molar-refractivity contribution in [2.45, 2.75) is 57.6 Å². The van der Waals surface area contributed by atoms with Gasteiger partial charge in [-0.15, -0.1) is 0 Å². The van der Waals surface area contributed by atoms with Gasteiger partial charge >= 0.3 is 5.97 Å². The molecule has 2 atom stereocenters. The van der Waals surface area contributed by atoms with E-state index in [2.05, 4.69) is 11.4 Å². The van der Waals surface area contributed by atoms with Crippen LogP contribution < -0.4 is 5.32 Å². The predicted octanol–water partition coefficient (Wildman–Crippen LogP) is 3.33. The number of aromatic nitrogens is 1. The summed E-state index contributed by atoms with van der Waals surface area (Å²) in [5, 5.41) is 12.8. The summed E-state index contributed by atoms with van der Waals surface area (Å²) >= 11 is 0. The van der Waals surface area contributed by atoms with Crippen LogP contribution in [0.5, 0.6) is 0 Å². The molecule has 0 aliphatic heterocycles. The first-order chi connectivity index (χ1) is 13.9. The fraction of sp³-hybridized carbons (Fsp3) is 0.522. The fourth-order valence-corrected chi connectivity index (χ4v) is 6.73. The van der Waals surface area contributed by atoms with E-state index in [4.69, 9.17) is 4.74 Å². The number of hydrogen-bond acceptors (Lipinski definition) is 4. The molecule has 2 aromatic rings. The number of amides is 1. The lowest BCUT2D eigenvalue weighted by Gasteiger charge is -2.60. The van der Waals surface area contributed by atoms with Crippen molar-refractivity contribution in [3.8, 4) is 6.07 Å². The molecule has 0 radical (unpaired) electrons. The minimum Gasteiger partial charge on any atom is -0.460 e. The minimum absolute atomic E-state index is 0.0189. The molecule has 0 spiro atoms. The van der Waals surface area contributed by atoms with Crippen LogP contribution in [0, 0.1) is 28.6 Å². The fourth-order valence-electron chi connectivity index (χ4n) is 6.73. The van der Waals surface area contributed by atoms with Crippen LogP contribution in [0.4, 0.5) is 0 Å². The van der Waals surface area contributed by atoms with Crippen LogP contribution in [0.1, 0.15) is 56.6 Å². The number of hydrogen-bond donors (Lipinski definition) is 1. The SMILES string of the molecule is CC(=O)NC12CC3CC(C1)CC(C(=O)OCc1cn4ccccc4c1C#N)(C3)C2. The Bertz CT molecular complexity index is 1030. The van der Waals surface area contributed by atoms with Gasteiger partial charge in [0.05, 0.1) is 16.5 Å². The van der Waals surface area contributed by atoms with Gasteiger partial charge in [-0.1, -0.05) is 6.07 Å². The molecule has 4 saturated carbocycles. The lowest BCUT2D eigenvalue weighted by atomic mass is 9.47. The van der Waals surface area contributed by atoms with Crippen molar-refractivity contribution in [2.24, 2.45) is 17.3 Å². The first-order valence-corrected chi connectivity index (χ1v) is 10.4. The van der Waals surface area contributed by atoms with E-state index in [1.807, 2.05) is 35.0 Å². The van der Waals surface area contributed by atoms with Gasteiger partial charge < -0.3 is 14.5 Å². The normalized spacial score (nSPS) is 32.1. The summed E-state index contributed by atoms with van der Waals surface area (Å²) in [7, 11) is 0. The molecular weight excluding hydrogens is 366 g/mol. The van der Waals surface area contributed by atoms with Gasteiger partial charge in [0.15, 0.2) is 0 Å². The number of nitriles is 1. The Morgan fingerprint density at radius 3 is 2.72 bits per heavy atom. The number of rotatable bonds is 4. The number of carbonyl (C=O) groups is 2. The van der Waals surface area contributed by atoms with E-state index < -0.39 is 5.41 Å². The largest absolute Gasteiger partial charge is 0.460 e. The van der Waals surface area contributed by atoms with E-state index in [0.29, 0.717) is 23.8 Å². The zero-order valence-electron chi connectivity index (χ0n) is 16.6. The van der Waals surface area contributed by atoms with E-state index >= 15 is 0 Å². The van der Waals surface area contributed by atoms with Crippen molar-refractivity contribution in [2.75, 3.05) is 0 Å². The van der Waals surface area contributed by atoms with Gasteiger partial charge in [-0.05, 0) is 62.5 Å². The summed E-state index contributed by atoms with van der Waals surface area (Å²) in [6.45, 7) is 1.67. The van der Waals surface area contributed by atoms with Crippen molar-refractivity contribution < 1.29 is 14.3 Å². The zero-order chi connectivity index (χ0) is 20.2. The maximum atomic E-state index is 13.3. The number of carbonyl (C=O) groups excluding carboxylic acids is 2. The van der Waals surface area contributed by atoms with Gasteiger partial charge in [0.25, 0.3) is 0 Å². The van der Waals surface area contributed by atoms with E-state index in [1.165, 1.54) is 0 Å². The van der Waals surface area contributed by atoms with Crippen molar-refractivity contribution in [1.29, 1.82) is 5.26 Å². The smallest absolute Gasteiger partial charge is 0.312 e. The minimum atomic E-state index is -0.501. The number of fused-ring (bicyclic) bond motifs is 1. The number of pyridine rings is 1. The Morgan fingerprint density at radius 2 is 2.03 bits per heavy atom. The van der Waals surface area contributed by atoms with Crippen LogP contribution in [0.2, 0.25) is 0 Å². The molecule has 4 aliphatic rings. The maximum absolute atomic E-state index is 13.3. The monoisotopic (exact) mass is 391 g/mol. The molecule has 150 valence electrons. The second kappa shape index (κ2) is 6.35. The molecule has 6 heteroatoms. The second-order valence-corrected chi connectivity index (χ2v) is 9.41. The molecule has 6 nitrogen and oxygen atoms in total. The summed E-state index contributed by atoms with van der Waals surface area (Å²) in [6, 6.07) is 7.93. The summed E-state index contributed by atoms with van der Waals surface area (Å²) in [5.41, 5.74) is 1.35. The topological polar surface area (TPSA) is 83.6 Å². The molecule has 6 rings (SSSR count). The summed E-state index contributed by atoms with van der Waals surface area (Å²) in [6.07, 6.45) is 9.23. The number of ether oxygens (including phenoxy) is 1. The molecule has 0 aromatic carbocycles. The quantitative estimate of drug-likeness (QED) is 0.811. The third-order valence-electron chi connectivity index (χ3n) is 7.17. The third-order valence-corrected chi connectivity index (χ3v) is 7.17. The molecule has 4 fully saturated rings. The van der Waals surface area contributed by atoms with E-state index in [0.717, 1.165) is 43.2 Å². The maximum Gasteiger partial charge on any atom is 0.312 e. The number of nitrogens with zero attached hydrogens (tertiary/aromatic N) is 2. The zero-order valence-corrected chi connectivity index (χ0v) is 16.6. The van der Waals surface area contributed by atoms with Gasteiger partial charge in [0.2, 0.25) is 5.91 Å². The third kappa shape index (κ3) is 2.91. The highest BCUT2D eigenvalue weighted by atomic mass is 16.5. The first-order valence-electron chi connectivity index (χ1n) is 10.4. The van der Waals surface area contributed by atoms with Crippen LogP contribution in [0.3, 0.4) is 0 Å². The summed E-state index contributed by atoms with van der Waals surface area (Å²) in [4.78, 5) is 25.1. The molecule has 4 bridgehead atoms. The summed E-state index contributed by atoms with van der Waals surface area (Å²) in [5.74, 6) is 0.764. The van der Waals surface area contributed by atoms with E-state index in [9.17, 15) is 14.9 Å². The molecule has 2 aromatic heterocycles. The molecule has 1 N–H and O–H groups in total. The highest BCUT2D eigenvalue weighted by molar-refractivity contribution is 5.79. The molecule has 29 heavy (non-hydrogen) atoms. The Balaban J connectivity index is 1.38. The summed E-state index contributed by atoms with van der Waals surface area (Å²) < 4.78 is 7.71. The molecule has 2 heterocycles. The van der Waals surface area contributed by atoms with Gasteiger partial charge in [-0.25, -0.2) is 0 Å². The molecule has 2 unspecified atom stereocenters. The Labute approximate surface area is 169 Å². The van der Waals surface area contributed by atoms with E-state index in [-0.39, 0.29) is 24.0 Å².